The van der Waals surface area contributed by atoms with Gasteiger partial charge in [-0.15, -0.1) is 0 Å². The third-order valence-electron chi connectivity index (χ3n) is 5.55. The lowest BCUT2D eigenvalue weighted by atomic mass is 10.0. The number of likely N-dealkylation sites (tertiary alicyclic amines) is 1. The zero-order valence-corrected chi connectivity index (χ0v) is 17.4. The molecule has 5 N–H and O–H groups in total. The molecule has 160 valence electrons. The molecule has 1 unspecified atom stereocenters. The molecule has 0 aliphatic carbocycles. The van der Waals surface area contributed by atoms with Gasteiger partial charge in [-0.25, -0.2) is 5.10 Å². The number of anilines is 2. The van der Waals surface area contributed by atoms with Gasteiger partial charge < -0.3 is 20.8 Å². The molecule has 1 saturated heterocycles. The van der Waals surface area contributed by atoms with Gasteiger partial charge in [0.1, 0.15) is 17.0 Å². The van der Waals surface area contributed by atoms with Crippen LogP contribution in [0.2, 0.25) is 0 Å². The summed E-state index contributed by atoms with van der Waals surface area (Å²) in [6.45, 7) is 8.44. The molecule has 2 aromatic heterocycles. The average Bonchev–Trinajstić information content (AvgIpc) is 3.34. The van der Waals surface area contributed by atoms with E-state index < -0.39 is 5.56 Å². The topological polar surface area (TPSA) is 144 Å². The van der Waals surface area contributed by atoms with Crippen molar-refractivity contribution < 1.29 is 9.21 Å². The third kappa shape index (κ3) is 3.58. The van der Waals surface area contributed by atoms with Gasteiger partial charge in [0.15, 0.2) is 11.6 Å². The second kappa shape index (κ2) is 7.75. The number of aryl methyl sites for hydroxylation is 2. The molecule has 1 atom stereocenters. The molecule has 4 rings (SSSR count). The Balaban J connectivity index is 1.91. The Labute approximate surface area is 178 Å². The van der Waals surface area contributed by atoms with Gasteiger partial charge in [0, 0.05) is 24.0 Å². The highest BCUT2D eigenvalue weighted by atomic mass is 16.3. The quantitative estimate of drug-likeness (QED) is 0.434. The summed E-state index contributed by atoms with van der Waals surface area (Å²) in [6, 6.07) is 5.66. The second-order valence-electron chi connectivity index (χ2n) is 7.69. The number of nitrogens with zero attached hydrogens (tertiary/aromatic N) is 3. The van der Waals surface area contributed by atoms with Gasteiger partial charge in [0.2, 0.25) is 5.91 Å². The maximum absolute atomic E-state index is 12.2. The number of hydrogen-bond acceptors (Lipinski definition) is 7. The summed E-state index contributed by atoms with van der Waals surface area (Å²) in [6.07, 6.45) is 1.94. The molecule has 0 spiro atoms. The van der Waals surface area contributed by atoms with E-state index in [4.69, 9.17) is 20.9 Å². The molecule has 0 bridgehead atoms. The van der Waals surface area contributed by atoms with Crippen molar-refractivity contribution in [3.63, 3.8) is 0 Å². The van der Waals surface area contributed by atoms with E-state index >= 15 is 0 Å². The van der Waals surface area contributed by atoms with E-state index in [0.29, 0.717) is 36.6 Å². The van der Waals surface area contributed by atoms with Crippen molar-refractivity contribution in [2.75, 3.05) is 24.6 Å². The molecular formula is C22H24N6O3. The predicted molar refractivity (Wildman–Crippen MR) is 120 cm³/mol. The number of carbonyl (C=O) groups excluding carboxylic acids is 1. The van der Waals surface area contributed by atoms with Crippen LogP contribution in [0.15, 0.2) is 45.1 Å². The maximum atomic E-state index is 12.2. The van der Waals surface area contributed by atoms with E-state index in [0.717, 1.165) is 16.5 Å². The highest BCUT2D eigenvalue weighted by Gasteiger charge is 2.29. The summed E-state index contributed by atoms with van der Waals surface area (Å²) < 4.78 is 6.15. The Bertz CT molecular complexity index is 1290. The van der Waals surface area contributed by atoms with Crippen LogP contribution in [0.4, 0.5) is 11.5 Å². The Morgan fingerprint density at radius 2 is 2.16 bits per heavy atom. The summed E-state index contributed by atoms with van der Waals surface area (Å²) in [7, 11) is 0. The lowest BCUT2D eigenvalue weighted by molar-refractivity contribution is -0.125. The number of hydrogen-bond donors (Lipinski definition) is 3. The van der Waals surface area contributed by atoms with Crippen LogP contribution in [0.5, 0.6) is 0 Å². The fraction of sp³-hybridized carbons (Fsp3) is 0.273. The molecule has 0 radical (unpaired) electrons. The van der Waals surface area contributed by atoms with Crippen molar-refractivity contribution in [2.45, 2.75) is 26.3 Å². The monoisotopic (exact) mass is 420 g/mol. The number of fused-ring (bicyclic) bond motifs is 1. The van der Waals surface area contributed by atoms with E-state index in [9.17, 15) is 9.59 Å². The Hall–Kier alpha value is -3.88. The first-order valence-electron chi connectivity index (χ1n) is 9.93. The largest absolute Gasteiger partial charge is 0.454 e. The minimum Gasteiger partial charge on any atom is -0.454 e. The molecule has 1 aliphatic rings. The van der Waals surface area contributed by atoms with E-state index in [1.54, 1.807) is 4.90 Å². The van der Waals surface area contributed by atoms with E-state index in [1.807, 2.05) is 32.0 Å². The highest BCUT2D eigenvalue weighted by molar-refractivity contribution is 6.18. The van der Waals surface area contributed by atoms with Crippen LogP contribution in [-0.2, 0) is 4.79 Å². The summed E-state index contributed by atoms with van der Waals surface area (Å²) >= 11 is 0. The summed E-state index contributed by atoms with van der Waals surface area (Å²) in [5.74, 6) is 0.371. The van der Waals surface area contributed by atoms with Gasteiger partial charge in [0.25, 0.3) is 5.56 Å². The number of rotatable bonds is 4. The Morgan fingerprint density at radius 3 is 2.90 bits per heavy atom. The number of nitrogens with one attached hydrogen (secondary N) is 1. The lowest BCUT2D eigenvalue weighted by Crippen LogP contribution is -2.28. The van der Waals surface area contributed by atoms with E-state index in [-0.39, 0.29) is 29.0 Å². The molecule has 9 nitrogen and oxygen atoms in total. The minimum absolute atomic E-state index is 0.0453. The van der Waals surface area contributed by atoms with Crippen LogP contribution in [0.1, 0.15) is 28.9 Å². The molecular weight excluding hydrogens is 396 g/mol. The van der Waals surface area contributed by atoms with Crippen molar-refractivity contribution in [3.05, 3.63) is 63.7 Å². The smallest absolute Gasteiger partial charge is 0.288 e. The van der Waals surface area contributed by atoms with E-state index in [1.165, 1.54) is 6.08 Å². The zero-order valence-electron chi connectivity index (χ0n) is 17.4. The summed E-state index contributed by atoms with van der Waals surface area (Å²) in [4.78, 5) is 30.7. The number of carbonyl (C=O) groups is 1. The van der Waals surface area contributed by atoms with E-state index in [2.05, 4.69) is 16.8 Å². The Morgan fingerprint density at radius 1 is 1.39 bits per heavy atom. The number of nitrogens with two attached hydrogens (primary N) is 2. The number of benzene rings is 1. The fourth-order valence-electron chi connectivity index (χ4n) is 3.88. The highest BCUT2D eigenvalue weighted by Crippen LogP contribution is 2.31. The maximum Gasteiger partial charge on any atom is 0.288 e. The molecule has 1 aliphatic heterocycles. The predicted octanol–water partition coefficient (Wildman–Crippen LogP) is 1.92. The molecule has 9 heteroatoms. The zero-order chi connectivity index (χ0) is 22.3. The molecule has 0 saturated carbocycles. The number of aliphatic imine (C=N–C) groups is 1. The first kappa shape index (κ1) is 20.4. The normalized spacial score (nSPS) is 16.8. The van der Waals surface area contributed by atoms with Crippen molar-refractivity contribution in [2.24, 2.45) is 4.99 Å². The molecule has 1 fully saturated rings. The van der Waals surface area contributed by atoms with Crippen LogP contribution >= 0.6 is 0 Å². The van der Waals surface area contributed by atoms with Crippen LogP contribution in [0, 0.1) is 13.8 Å². The molecule has 1 amide bonds. The van der Waals surface area contributed by atoms with Crippen molar-refractivity contribution in [1.29, 1.82) is 0 Å². The van der Waals surface area contributed by atoms with Crippen LogP contribution in [0.3, 0.4) is 0 Å². The van der Waals surface area contributed by atoms with Gasteiger partial charge in [-0.3, -0.25) is 14.6 Å². The molecule has 3 heterocycles. The number of amides is 1. The van der Waals surface area contributed by atoms with Crippen molar-refractivity contribution in [1.82, 2.24) is 15.1 Å². The second-order valence-corrected chi connectivity index (χ2v) is 7.69. The molecule has 3 aromatic rings. The number of H-pyrrole nitrogens is 1. The SMILES string of the molecule is C=CC(=O)N1CCC(N=C(c2oc3ccc(C)cc3c2C)c2c(N)n[nH]c(=O)c2N)C1. The third-order valence-corrected chi connectivity index (χ3v) is 5.55. The van der Waals surface area contributed by atoms with Crippen molar-refractivity contribution in [3.8, 4) is 0 Å². The van der Waals surface area contributed by atoms with Gasteiger partial charge in [-0.05, 0) is 38.5 Å². The van der Waals surface area contributed by atoms with Crippen molar-refractivity contribution >= 4 is 34.1 Å². The van der Waals surface area contributed by atoms with Gasteiger partial charge in [-0.2, -0.15) is 5.10 Å². The Kier molecular flexibility index (Phi) is 5.10. The number of aromatic nitrogens is 2. The first-order chi connectivity index (χ1) is 14.8. The van der Waals surface area contributed by atoms with Crippen LogP contribution in [0.25, 0.3) is 11.0 Å². The molecule has 31 heavy (non-hydrogen) atoms. The summed E-state index contributed by atoms with van der Waals surface area (Å²) in [5.41, 5.74) is 14.8. The minimum atomic E-state index is -0.559. The van der Waals surface area contributed by atoms with Gasteiger partial charge in [-0.1, -0.05) is 18.2 Å². The van der Waals surface area contributed by atoms with Crippen LogP contribution < -0.4 is 17.0 Å². The number of nitrogen functional groups attached to an aromatic ring is 2. The first-order valence-corrected chi connectivity index (χ1v) is 9.93. The van der Waals surface area contributed by atoms with Gasteiger partial charge >= 0.3 is 0 Å². The van der Waals surface area contributed by atoms with Gasteiger partial charge in [0.05, 0.1) is 11.6 Å². The standard InChI is InChI=1S/C22H24N6O3/c1-4-16(29)28-8-7-13(10-28)25-19(17-18(23)22(30)27-26-21(17)24)20-12(3)14-9-11(2)5-6-15(14)31-20/h4-6,9,13H,1,7-8,10H2,2-3H3,(H,27,30)(H4,23,24,26). The average molecular weight is 420 g/mol. The summed E-state index contributed by atoms with van der Waals surface area (Å²) in [5, 5.41) is 7.09. The fourth-order valence-corrected chi connectivity index (χ4v) is 3.88. The van der Waals surface area contributed by atoms with Crippen LogP contribution in [-0.4, -0.2) is 45.8 Å². The number of furan rings is 1. The molecule has 1 aromatic carbocycles. The lowest BCUT2D eigenvalue weighted by Gasteiger charge is -2.14. The number of aromatic amines is 1.